The van der Waals surface area contributed by atoms with Crippen molar-refractivity contribution in [2.75, 3.05) is 26.2 Å². The standard InChI is InChI=1S/C11H14BrN3O3S/c12-10-3-1-9(2-4-10)11(16)14-5-7-15(8-6-14)19(13,17)18/h1-4H,5-8H2,(H2,13,17,18). The van der Waals surface area contributed by atoms with E-state index in [4.69, 9.17) is 5.14 Å². The lowest BCUT2D eigenvalue weighted by Gasteiger charge is -2.32. The molecule has 1 aliphatic heterocycles. The van der Waals surface area contributed by atoms with E-state index in [1.54, 1.807) is 29.2 Å². The average Bonchev–Trinajstić information content (AvgIpc) is 2.38. The van der Waals surface area contributed by atoms with Gasteiger partial charge in [-0.1, -0.05) is 15.9 Å². The van der Waals surface area contributed by atoms with Crippen LogP contribution in [0.2, 0.25) is 0 Å². The van der Waals surface area contributed by atoms with Crippen LogP contribution in [-0.4, -0.2) is 49.7 Å². The fourth-order valence-corrected chi connectivity index (χ4v) is 2.86. The highest BCUT2D eigenvalue weighted by molar-refractivity contribution is 9.10. The molecule has 0 aromatic heterocycles. The van der Waals surface area contributed by atoms with Crippen LogP contribution in [0.5, 0.6) is 0 Å². The number of hydrogen-bond donors (Lipinski definition) is 1. The van der Waals surface area contributed by atoms with Gasteiger partial charge < -0.3 is 4.90 Å². The van der Waals surface area contributed by atoms with Crippen molar-refractivity contribution in [3.05, 3.63) is 34.3 Å². The van der Waals surface area contributed by atoms with E-state index in [0.717, 1.165) is 4.47 Å². The van der Waals surface area contributed by atoms with Crippen LogP contribution >= 0.6 is 15.9 Å². The molecule has 0 spiro atoms. The van der Waals surface area contributed by atoms with Crippen LogP contribution in [0.1, 0.15) is 10.4 Å². The van der Waals surface area contributed by atoms with Crippen molar-refractivity contribution in [3.8, 4) is 0 Å². The highest BCUT2D eigenvalue weighted by atomic mass is 79.9. The third kappa shape index (κ3) is 3.53. The molecular formula is C11H14BrN3O3S. The molecule has 1 amide bonds. The van der Waals surface area contributed by atoms with Gasteiger partial charge in [-0.05, 0) is 24.3 Å². The summed E-state index contributed by atoms with van der Waals surface area (Å²) in [4.78, 5) is 13.8. The van der Waals surface area contributed by atoms with E-state index >= 15 is 0 Å². The Morgan fingerprint density at radius 3 is 2.11 bits per heavy atom. The Kier molecular flexibility index (Phi) is 4.24. The lowest BCUT2D eigenvalue weighted by Crippen LogP contribution is -2.52. The minimum Gasteiger partial charge on any atom is -0.336 e. The van der Waals surface area contributed by atoms with Gasteiger partial charge in [-0.15, -0.1) is 0 Å². The summed E-state index contributed by atoms with van der Waals surface area (Å²) in [5.74, 6) is -0.0958. The van der Waals surface area contributed by atoms with Gasteiger partial charge in [0.05, 0.1) is 0 Å². The highest BCUT2D eigenvalue weighted by Crippen LogP contribution is 2.14. The van der Waals surface area contributed by atoms with Crippen molar-refractivity contribution in [2.45, 2.75) is 0 Å². The van der Waals surface area contributed by atoms with Gasteiger partial charge in [0, 0.05) is 36.2 Å². The zero-order valence-corrected chi connectivity index (χ0v) is 12.5. The number of hydrogen-bond acceptors (Lipinski definition) is 3. The molecule has 2 N–H and O–H groups in total. The normalized spacial score (nSPS) is 17.5. The van der Waals surface area contributed by atoms with Crippen LogP contribution < -0.4 is 5.14 Å². The first-order valence-corrected chi connectivity index (χ1v) is 8.00. The molecule has 1 heterocycles. The SMILES string of the molecule is NS(=O)(=O)N1CCN(C(=O)c2ccc(Br)cc2)CC1. The van der Waals surface area contributed by atoms with Crippen molar-refractivity contribution < 1.29 is 13.2 Å². The Hall–Kier alpha value is -0.960. The molecule has 0 unspecified atom stereocenters. The number of nitrogens with two attached hydrogens (primary N) is 1. The number of carbonyl (C=O) groups is 1. The van der Waals surface area contributed by atoms with Gasteiger partial charge >= 0.3 is 0 Å². The topological polar surface area (TPSA) is 83.7 Å². The van der Waals surface area contributed by atoms with Crippen LogP contribution in [0, 0.1) is 0 Å². The molecule has 1 aromatic carbocycles. The second-order valence-corrected chi connectivity index (χ2v) is 6.71. The second kappa shape index (κ2) is 5.58. The van der Waals surface area contributed by atoms with Crippen LogP contribution in [0.4, 0.5) is 0 Å². The summed E-state index contributed by atoms with van der Waals surface area (Å²) < 4.78 is 24.4. The first kappa shape index (κ1) is 14.4. The van der Waals surface area contributed by atoms with E-state index in [1.165, 1.54) is 4.31 Å². The molecule has 2 rings (SSSR count). The van der Waals surface area contributed by atoms with E-state index in [-0.39, 0.29) is 19.0 Å². The fourth-order valence-electron chi connectivity index (χ4n) is 1.92. The van der Waals surface area contributed by atoms with Crippen LogP contribution in [0.25, 0.3) is 0 Å². The predicted molar refractivity (Wildman–Crippen MR) is 74.7 cm³/mol. The summed E-state index contributed by atoms with van der Waals surface area (Å²) in [6.07, 6.45) is 0. The molecule has 6 nitrogen and oxygen atoms in total. The largest absolute Gasteiger partial charge is 0.336 e. The van der Waals surface area contributed by atoms with E-state index in [2.05, 4.69) is 15.9 Å². The maximum atomic E-state index is 12.2. The number of nitrogens with zero attached hydrogens (tertiary/aromatic N) is 2. The minimum atomic E-state index is -3.66. The van der Waals surface area contributed by atoms with Gasteiger partial charge in [0.25, 0.3) is 16.1 Å². The summed E-state index contributed by atoms with van der Waals surface area (Å²) in [5.41, 5.74) is 0.590. The molecule has 0 bridgehead atoms. The molecule has 104 valence electrons. The summed E-state index contributed by atoms with van der Waals surface area (Å²) in [5, 5.41) is 5.05. The number of halogens is 1. The molecule has 0 saturated carbocycles. The third-order valence-corrected chi connectivity index (χ3v) is 4.59. The minimum absolute atomic E-state index is 0.0958. The molecule has 19 heavy (non-hydrogen) atoms. The van der Waals surface area contributed by atoms with E-state index in [1.807, 2.05) is 0 Å². The smallest absolute Gasteiger partial charge is 0.277 e. The predicted octanol–water partition coefficient (Wildman–Crippen LogP) is 0.410. The number of piperazine rings is 1. The molecule has 0 radical (unpaired) electrons. The molecule has 0 aliphatic carbocycles. The summed E-state index contributed by atoms with van der Waals surface area (Å²) in [6, 6.07) is 7.07. The van der Waals surface area contributed by atoms with Crippen molar-refractivity contribution in [1.82, 2.24) is 9.21 Å². The lowest BCUT2D eigenvalue weighted by atomic mass is 10.2. The zero-order chi connectivity index (χ0) is 14.0. The fraction of sp³-hybridized carbons (Fsp3) is 0.364. The zero-order valence-electron chi connectivity index (χ0n) is 10.1. The molecule has 8 heteroatoms. The Bertz CT molecular complexity index is 565. The Morgan fingerprint density at radius 2 is 1.63 bits per heavy atom. The van der Waals surface area contributed by atoms with Crippen molar-refractivity contribution in [1.29, 1.82) is 0 Å². The van der Waals surface area contributed by atoms with Gasteiger partial charge in [0.2, 0.25) is 0 Å². The number of carbonyl (C=O) groups excluding carboxylic acids is 1. The maximum Gasteiger partial charge on any atom is 0.277 e. The third-order valence-electron chi connectivity index (χ3n) is 2.98. The molecule has 1 fully saturated rings. The van der Waals surface area contributed by atoms with E-state index < -0.39 is 10.2 Å². The van der Waals surface area contributed by atoms with Gasteiger partial charge in [0.1, 0.15) is 0 Å². The van der Waals surface area contributed by atoms with Crippen molar-refractivity contribution in [3.63, 3.8) is 0 Å². The number of amides is 1. The van der Waals surface area contributed by atoms with Crippen LogP contribution in [0.3, 0.4) is 0 Å². The molecule has 1 aromatic rings. The second-order valence-electron chi connectivity index (χ2n) is 4.24. The van der Waals surface area contributed by atoms with Crippen LogP contribution in [0.15, 0.2) is 28.7 Å². The molecular weight excluding hydrogens is 334 g/mol. The van der Waals surface area contributed by atoms with Gasteiger partial charge in [0.15, 0.2) is 0 Å². The molecule has 0 atom stereocenters. The summed E-state index contributed by atoms with van der Waals surface area (Å²) >= 11 is 3.31. The van der Waals surface area contributed by atoms with Crippen molar-refractivity contribution in [2.24, 2.45) is 5.14 Å². The summed E-state index contributed by atoms with van der Waals surface area (Å²) in [7, 11) is -3.66. The van der Waals surface area contributed by atoms with E-state index in [0.29, 0.717) is 18.7 Å². The Morgan fingerprint density at radius 1 is 1.11 bits per heavy atom. The van der Waals surface area contributed by atoms with Gasteiger partial charge in [-0.25, -0.2) is 5.14 Å². The number of rotatable bonds is 2. The molecule has 1 aliphatic rings. The van der Waals surface area contributed by atoms with Crippen molar-refractivity contribution >= 4 is 32.0 Å². The average molecular weight is 348 g/mol. The van der Waals surface area contributed by atoms with Crippen LogP contribution in [-0.2, 0) is 10.2 Å². The number of benzene rings is 1. The summed E-state index contributed by atoms with van der Waals surface area (Å²) in [6.45, 7) is 1.18. The Labute approximate surface area is 120 Å². The van der Waals surface area contributed by atoms with E-state index in [9.17, 15) is 13.2 Å². The van der Waals surface area contributed by atoms with Gasteiger partial charge in [-0.3, -0.25) is 4.79 Å². The first-order valence-electron chi connectivity index (χ1n) is 5.70. The molecule has 1 saturated heterocycles. The monoisotopic (exact) mass is 347 g/mol. The first-order chi connectivity index (χ1) is 8.88. The Balaban J connectivity index is 2.02. The highest BCUT2D eigenvalue weighted by Gasteiger charge is 2.26. The van der Waals surface area contributed by atoms with Gasteiger partial charge in [-0.2, -0.15) is 12.7 Å². The maximum absolute atomic E-state index is 12.2. The quantitative estimate of drug-likeness (QED) is 0.840. The lowest BCUT2D eigenvalue weighted by molar-refractivity contribution is 0.0698.